The first-order chi connectivity index (χ1) is 12.6. The molecule has 3 rings (SSSR count). The lowest BCUT2D eigenvalue weighted by atomic mass is 10.1. The maximum Gasteiger partial charge on any atom is 0.449 e. The van der Waals surface area contributed by atoms with Gasteiger partial charge in [-0.15, -0.1) is 0 Å². The Morgan fingerprint density at radius 2 is 2.00 bits per heavy atom. The van der Waals surface area contributed by atoms with E-state index < -0.39 is 24.1 Å². The standard InChI is InChI=1S/C18H21F3N4O2/c1-10(2)25-13-7-6-11(9-12(13)23-17(25)18(19,20)21)16(27)24-8-4-5-14(24)15(26)22-3/h6-7,9-10,14H,4-5,8H2,1-3H3,(H,22,26). The molecule has 27 heavy (non-hydrogen) atoms. The lowest BCUT2D eigenvalue weighted by Gasteiger charge is -2.23. The Hall–Kier alpha value is -2.58. The van der Waals surface area contributed by atoms with E-state index in [0.717, 1.165) is 4.57 Å². The summed E-state index contributed by atoms with van der Waals surface area (Å²) in [6, 6.07) is 3.34. The van der Waals surface area contributed by atoms with Gasteiger partial charge in [-0.05, 0) is 44.9 Å². The van der Waals surface area contributed by atoms with Crippen molar-refractivity contribution in [3.8, 4) is 0 Å². The van der Waals surface area contributed by atoms with Crippen molar-refractivity contribution >= 4 is 22.8 Å². The number of hydrogen-bond acceptors (Lipinski definition) is 3. The number of carbonyl (C=O) groups excluding carboxylic acids is 2. The maximum atomic E-state index is 13.3. The number of imidazole rings is 1. The van der Waals surface area contributed by atoms with Gasteiger partial charge in [0.05, 0.1) is 11.0 Å². The average molecular weight is 382 g/mol. The molecule has 146 valence electrons. The molecule has 1 aromatic heterocycles. The van der Waals surface area contributed by atoms with Gasteiger partial charge in [-0.3, -0.25) is 9.59 Å². The molecule has 1 atom stereocenters. The Morgan fingerprint density at radius 1 is 1.30 bits per heavy atom. The molecule has 1 unspecified atom stereocenters. The van der Waals surface area contributed by atoms with Gasteiger partial charge in [0, 0.05) is 25.2 Å². The molecule has 1 aliphatic rings. The third-order valence-electron chi connectivity index (χ3n) is 4.77. The van der Waals surface area contributed by atoms with Crippen LogP contribution in [0.4, 0.5) is 13.2 Å². The van der Waals surface area contributed by atoms with E-state index in [2.05, 4.69) is 10.3 Å². The Labute approximate surface area is 154 Å². The van der Waals surface area contributed by atoms with Crippen molar-refractivity contribution in [2.75, 3.05) is 13.6 Å². The van der Waals surface area contributed by atoms with Gasteiger partial charge in [0.2, 0.25) is 11.7 Å². The highest BCUT2D eigenvalue weighted by molar-refractivity contribution is 6.00. The van der Waals surface area contributed by atoms with Crippen molar-refractivity contribution in [1.82, 2.24) is 19.8 Å². The Kier molecular flexibility index (Phi) is 4.88. The zero-order valence-electron chi connectivity index (χ0n) is 15.3. The van der Waals surface area contributed by atoms with Gasteiger partial charge in [-0.1, -0.05) is 0 Å². The Balaban J connectivity index is 2.02. The minimum absolute atomic E-state index is 0.109. The predicted octanol–water partition coefficient (Wildman–Crippen LogP) is 2.99. The van der Waals surface area contributed by atoms with E-state index in [1.807, 2.05) is 0 Å². The van der Waals surface area contributed by atoms with Gasteiger partial charge in [0.1, 0.15) is 6.04 Å². The average Bonchev–Trinajstić information content (AvgIpc) is 3.23. The molecule has 6 nitrogen and oxygen atoms in total. The molecular weight excluding hydrogens is 361 g/mol. The molecule has 2 heterocycles. The number of benzene rings is 1. The van der Waals surface area contributed by atoms with Crippen LogP contribution in [0.3, 0.4) is 0 Å². The molecule has 1 N–H and O–H groups in total. The number of fused-ring (bicyclic) bond motifs is 1. The number of alkyl halides is 3. The number of carbonyl (C=O) groups is 2. The second-order valence-corrected chi connectivity index (χ2v) is 6.87. The SMILES string of the molecule is CNC(=O)C1CCCN1C(=O)c1ccc2c(c1)nc(C(F)(F)F)n2C(C)C. The number of nitrogens with zero attached hydrogens (tertiary/aromatic N) is 3. The number of amides is 2. The van der Waals surface area contributed by atoms with Crippen molar-refractivity contribution in [2.45, 2.75) is 44.9 Å². The van der Waals surface area contributed by atoms with Crippen molar-refractivity contribution < 1.29 is 22.8 Å². The molecule has 1 fully saturated rings. The fourth-order valence-corrected chi connectivity index (χ4v) is 3.57. The van der Waals surface area contributed by atoms with Crippen LogP contribution in [-0.2, 0) is 11.0 Å². The van der Waals surface area contributed by atoms with Crippen LogP contribution < -0.4 is 5.32 Å². The van der Waals surface area contributed by atoms with Crippen molar-refractivity contribution in [2.24, 2.45) is 0 Å². The van der Waals surface area contributed by atoms with Crippen molar-refractivity contribution in [1.29, 1.82) is 0 Å². The summed E-state index contributed by atoms with van der Waals surface area (Å²) in [4.78, 5) is 30.0. The molecule has 2 amide bonds. The number of hydrogen-bond donors (Lipinski definition) is 1. The first kappa shape index (κ1) is 19.2. The van der Waals surface area contributed by atoms with E-state index >= 15 is 0 Å². The van der Waals surface area contributed by atoms with Crippen LogP contribution in [0.15, 0.2) is 18.2 Å². The van der Waals surface area contributed by atoms with Gasteiger partial charge in [-0.25, -0.2) is 4.98 Å². The summed E-state index contributed by atoms with van der Waals surface area (Å²) in [5.74, 6) is -1.61. The third kappa shape index (κ3) is 3.38. The number of nitrogens with one attached hydrogen (secondary N) is 1. The topological polar surface area (TPSA) is 67.2 Å². The molecule has 0 spiro atoms. The first-order valence-electron chi connectivity index (χ1n) is 8.77. The number of halogens is 3. The summed E-state index contributed by atoms with van der Waals surface area (Å²) < 4.78 is 41.1. The fourth-order valence-electron chi connectivity index (χ4n) is 3.57. The third-order valence-corrected chi connectivity index (χ3v) is 4.77. The van der Waals surface area contributed by atoms with Crippen molar-refractivity contribution in [3.05, 3.63) is 29.6 Å². The summed E-state index contributed by atoms with van der Waals surface area (Å²) in [5.41, 5.74) is 0.649. The van der Waals surface area contributed by atoms with Gasteiger partial charge < -0.3 is 14.8 Å². The monoisotopic (exact) mass is 382 g/mol. The van der Waals surface area contributed by atoms with Gasteiger partial charge in [0.25, 0.3) is 5.91 Å². The van der Waals surface area contributed by atoms with E-state index in [0.29, 0.717) is 24.9 Å². The van der Waals surface area contributed by atoms with Crippen LogP contribution in [0.1, 0.15) is 48.9 Å². The zero-order valence-corrected chi connectivity index (χ0v) is 15.3. The first-order valence-corrected chi connectivity index (χ1v) is 8.77. The highest BCUT2D eigenvalue weighted by atomic mass is 19.4. The van der Waals surface area contributed by atoms with E-state index in [1.54, 1.807) is 13.8 Å². The molecule has 0 radical (unpaired) electrons. The largest absolute Gasteiger partial charge is 0.449 e. The molecular formula is C18H21F3N4O2. The van der Waals surface area contributed by atoms with Crippen LogP contribution in [-0.4, -0.2) is 45.9 Å². The predicted molar refractivity (Wildman–Crippen MR) is 93.2 cm³/mol. The summed E-state index contributed by atoms with van der Waals surface area (Å²) >= 11 is 0. The second-order valence-electron chi connectivity index (χ2n) is 6.87. The minimum Gasteiger partial charge on any atom is -0.357 e. The molecule has 0 bridgehead atoms. The highest BCUT2D eigenvalue weighted by Gasteiger charge is 2.39. The second kappa shape index (κ2) is 6.86. The minimum atomic E-state index is -4.59. The lowest BCUT2D eigenvalue weighted by Crippen LogP contribution is -2.44. The maximum absolute atomic E-state index is 13.3. The quantitative estimate of drug-likeness (QED) is 0.888. The lowest BCUT2D eigenvalue weighted by molar-refractivity contribution is -0.147. The van der Waals surface area contributed by atoms with E-state index in [1.165, 1.54) is 30.1 Å². The van der Waals surface area contributed by atoms with E-state index in [9.17, 15) is 22.8 Å². The van der Waals surface area contributed by atoms with Crippen LogP contribution in [0.2, 0.25) is 0 Å². The fraction of sp³-hybridized carbons (Fsp3) is 0.500. The van der Waals surface area contributed by atoms with Gasteiger partial charge in [0.15, 0.2) is 0 Å². The molecule has 0 aliphatic carbocycles. The van der Waals surface area contributed by atoms with Gasteiger partial charge >= 0.3 is 6.18 Å². The summed E-state index contributed by atoms with van der Waals surface area (Å²) in [5, 5.41) is 2.54. The molecule has 9 heteroatoms. The number of likely N-dealkylation sites (N-methyl/N-ethyl adjacent to an activating group) is 1. The Morgan fingerprint density at radius 3 is 2.59 bits per heavy atom. The zero-order chi connectivity index (χ0) is 19.9. The molecule has 1 aromatic carbocycles. The van der Waals surface area contributed by atoms with Crippen molar-refractivity contribution in [3.63, 3.8) is 0 Å². The van der Waals surface area contributed by atoms with E-state index in [4.69, 9.17) is 0 Å². The molecule has 1 aliphatic heterocycles. The van der Waals surface area contributed by atoms with E-state index in [-0.39, 0.29) is 22.9 Å². The van der Waals surface area contributed by atoms with Crippen LogP contribution >= 0.6 is 0 Å². The highest BCUT2D eigenvalue weighted by Crippen LogP contribution is 2.34. The van der Waals surface area contributed by atoms with Crippen LogP contribution in [0.5, 0.6) is 0 Å². The summed E-state index contributed by atoms with van der Waals surface area (Å²) in [6.45, 7) is 3.73. The van der Waals surface area contributed by atoms with Crippen LogP contribution in [0, 0.1) is 0 Å². The summed E-state index contributed by atoms with van der Waals surface area (Å²) in [7, 11) is 1.51. The number of rotatable bonds is 3. The molecule has 2 aromatic rings. The van der Waals surface area contributed by atoms with Gasteiger partial charge in [-0.2, -0.15) is 13.2 Å². The Bertz CT molecular complexity index is 889. The molecule has 1 saturated heterocycles. The summed E-state index contributed by atoms with van der Waals surface area (Å²) in [6.07, 6.45) is -3.33. The number of aromatic nitrogens is 2. The van der Waals surface area contributed by atoms with Crippen LogP contribution in [0.25, 0.3) is 11.0 Å². The number of likely N-dealkylation sites (tertiary alicyclic amines) is 1. The molecule has 0 saturated carbocycles. The normalized spacial score (nSPS) is 17.7. The smallest absolute Gasteiger partial charge is 0.357 e.